The number of methoxy groups -OCH3 is 2. The summed E-state index contributed by atoms with van der Waals surface area (Å²) < 4.78 is 39.9. The zero-order valence-electron chi connectivity index (χ0n) is 19.4. The first-order valence-electron chi connectivity index (χ1n) is 11.2. The summed E-state index contributed by atoms with van der Waals surface area (Å²) in [5.74, 6) is 1.23. The van der Waals surface area contributed by atoms with Crippen molar-refractivity contribution in [2.45, 2.75) is 30.3 Å². The van der Waals surface area contributed by atoms with Crippen molar-refractivity contribution in [1.29, 1.82) is 0 Å². The third-order valence-corrected chi connectivity index (χ3v) is 8.43. The van der Waals surface area contributed by atoms with E-state index in [2.05, 4.69) is 4.90 Å². The molecular formula is C26H29ClN2O4S. The Labute approximate surface area is 206 Å². The van der Waals surface area contributed by atoms with Crippen LogP contribution in [-0.2, 0) is 16.6 Å². The second kappa shape index (κ2) is 10.7. The first-order chi connectivity index (χ1) is 16.4. The number of halogens is 1. The van der Waals surface area contributed by atoms with Gasteiger partial charge in [-0.3, -0.25) is 9.21 Å². The van der Waals surface area contributed by atoms with Gasteiger partial charge in [0.1, 0.15) is 11.5 Å². The van der Waals surface area contributed by atoms with Gasteiger partial charge in [-0.15, -0.1) is 0 Å². The maximum atomic E-state index is 13.9. The first kappa shape index (κ1) is 24.4. The van der Waals surface area contributed by atoms with E-state index < -0.39 is 10.0 Å². The van der Waals surface area contributed by atoms with Gasteiger partial charge >= 0.3 is 0 Å². The minimum absolute atomic E-state index is 0.179. The summed E-state index contributed by atoms with van der Waals surface area (Å²) in [6.45, 7) is 2.29. The predicted molar refractivity (Wildman–Crippen MR) is 135 cm³/mol. The molecule has 0 aliphatic carbocycles. The molecule has 0 N–H and O–H groups in total. The largest absolute Gasteiger partial charge is 0.497 e. The van der Waals surface area contributed by atoms with E-state index >= 15 is 0 Å². The van der Waals surface area contributed by atoms with Gasteiger partial charge in [0.2, 0.25) is 0 Å². The minimum atomic E-state index is -3.80. The van der Waals surface area contributed by atoms with Crippen LogP contribution < -0.4 is 13.8 Å². The first-order valence-corrected chi connectivity index (χ1v) is 13.0. The van der Waals surface area contributed by atoms with Crippen LogP contribution in [0.3, 0.4) is 0 Å². The van der Waals surface area contributed by atoms with E-state index in [4.69, 9.17) is 21.1 Å². The fourth-order valence-electron chi connectivity index (χ4n) is 4.33. The van der Waals surface area contributed by atoms with Crippen molar-refractivity contribution in [3.05, 3.63) is 83.4 Å². The van der Waals surface area contributed by atoms with Gasteiger partial charge in [-0.1, -0.05) is 35.9 Å². The molecule has 4 rings (SSSR count). The van der Waals surface area contributed by atoms with Crippen molar-refractivity contribution in [2.75, 3.05) is 31.6 Å². The van der Waals surface area contributed by atoms with E-state index in [0.29, 0.717) is 30.0 Å². The fraction of sp³-hybridized carbons (Fsp3) is 0.308. The van der Waals surface area contributed by atoms with Crippen LogP contribution in [0.4, 0.5) is 5.69 Å². The van der Waals surface area contributed by atoms with Crippen LogP contribution in [0, 0.1) is 0 Å². The third-order valence-electron chi connectivity index (χ3n) is 6.16. The molecule has 34 heavy (non-hydrogen) atoms. The summed E-state index contributed by atoms with van der Waals surface area (Å²) in [6.07, 6.45) is 1.41. The Hall–Kier alpha value is -2.74. The molecule has 3 aromatic carbocycles. The van der Waals surface area contributed by atoms with Gasteiger partial charge < -0.3 is 9.47 Å². The molecule has 8 heteroatoms. The fourth-order valence-corrected chi connectivity index (χ4v) is 6.23. The molecule has 0 bridgehead atoms. The van der Waals surface area contributed by atoms with E-state index in [9.17, 15) is 8.42 Å². The molecule has 1 saturated heterocycles. The second-order valence-corrected chi connectivity index (χ2v) is 10.5. The van der Waals surface area contributed by atoms with Crippen LogP contribution in [0.25, 0.3) is 0 Å². The number of anilines is 1. The predicted octanol–water partition coefficient (Wildman–Crippen LogP) is 5.22. The highest BCUT2D eigenvalue weighted by Crippen LogP contribution is 2.33. The van der Waals surface area contributed by atoms with E-state index in [0.717, 1.165) is 30.2 Å². The molecule has 0 unspecified atom stereocenters. The van der Waals surface area contributed by atoms with Gasteiger partial charge in [0, 0.05) is 36.8 Å². The SMILES string of the molecule is COc1ccc(S(=O)(=O)N(c2cccc(OC)c2)C2CCN(Cc3ccccc3Cl)CC2)cc1. The van der Waals surface area contributed by atoms with Gasteiger partial charge in [-0.2, -0.15) is 0 Å². The highest BCUT2D eigenvalue weighted by Gasteiger charge is 2.34. The van der Waals surface area contributed by atoms with Gasteiger partial charge in [0.25, 0.3) is 10.0 Å². The zero-order chi connectivity index (χ0) is 24.1. The van der Waals surface area contributed by atoms with Crippen molar-refractivity contribution in [3.63, 3.8) is 0 Å². The van der Waals surface area contributed by atoms with E-state index in [1.807, 2.05) is 42.5 Å². The number of sulfonamides is 1. The number of hydrogen-bond donors (Lipinski definition) is 0. The maximum absolute atomic E-state index is 13.9. The molecule has 3 aromatic rings. The van der Waals surface area contributed by atoms with Crippen LogP contribution in [0.15, 0.2) is 77.7 Å². The molecular weight excluding hydrogens is 472 g/mol. The van der Waals surface area contributed by atoms with Gasteiger partial charge in [-0.25, -0.2) is 8.42 Å². The quantitative estimate of drug-likeness (QED) is 0.424. The standard InChI is InChI=1S/C26H29ClN2O4S/c1-32-23-10-12-25(13-11-23)34(30,31)29(22-7-5-8-24(18-22)33-2)21-14-16-28(17-15-21)19-20-6-3-4-9-26(20)27/h3-13,18,21H,14-17,19H2,1-2H3. The Morgan fingerprint density at radius 1 is 0.912 bits per heavy atom. The molecule has 1 aliphatic heterocycles. The smallest absolute Gasteiger partial charge is 0.264 e. The molecule has 0 saturated carbocycles. The number of ether oxygens (including phenoxy) is 2. The van der Waals surface area contributed by atoms with Crippen LogP contribution in [-0.4, -0.2) is 46.7 Å². The summed E-state index contributed by atoms with van der Waals surface area (Å²) in [4.78, 5) is 2.55. The van der Waals surface area contributed by atoms with Gasteiger partial charge in [0.15, 0.2) is 0 Å². The van der Waals surface area contributed by atoms with Gasteiger partial charge in [0.05, 0.1) is 24.8 Å². The Balaban J connectivity index is 1.60. The minimum Gasteiger partial charge on any atom is -0.497 e. The Morgan fingerprint density at radius 3 is 2.24 bits per heavy atom. The topological polar surface area (TPSA) is 59.1 Å². The number of hydrogen-bond acceptors (Lipinski definition) is 5. The summed E-state index contributed by atoms with van der Waals surface area (Å²) in [6, 6.07) is 21.4. The average Bonchev–Trinajstić information content (AvgIpc) is 2.86. The van der Waals surface area contributed by atoms with E-state index in [1.165, 1.54) is 0 Å². The molecule has 0 amide bonds. The lowest BCUT2D eigenvalue weighted by Crippen LogP contribution is -2.47. The number of piperidine rings is 1. The zero-order valence-corrected chi connectivity index (χ0v) is 20.9. The monoisotopic (exact) mass is 500 g/mol. The molecule has 0 aromatic heterocycles. The van der Waals surface area contributed by atoms with Gasteiger partial charge in [-0.05, 0) is 60.9 Å². The molecule has 0 spiro atoms. The summed E-state index contributed by atoms with van der Waals surface area (Å²) in [7, 11) is -0.668. The van der Waals surface area contributed by atoms with Crippen LogP contribution in [0.5, 0.6) is 11.5 Å². The molecule has 0 radical (unpaired) electrons. The number of rotatable bonds is 8. The summed E-state index contributed by atoms with van der Waals surface area (Å²) in [5, 5.41) is 0.754. The number of nitrogens with zero attached hydrogens (tertiary/aromatic N) is 2. The Morgan fingerprint density at radius 2 is 1.59 bits per heavy atom. The van der Waals surface area contributed by atoms with Crippen LogP contribution in [0.1, 0.15) is 18.4 Å². The van der Waals surface area contributed by atoms with Crippen LogP contribution in [0.2, 0.25) is 5.02 Å². The lowest BCUT2D eigenvalue weighted by atomic mass is 10.0. The van der Waals surface area contributed by atoms with Crippen molar-refractivity contribution < 1.29 is 17.9 Å². The highest BCUT2D eigenvalue weighted by atomic mass is 35.5. The van der Waals surface area contributed by atoms with Crippen molar-refractivity contribution in [1.82, 2.24) is 4.90 Å². The Kier molecular flexibility index (Phi) is 7.66. The van der Waals surface area contributed by atoms with E-state index in [1.54, 1.807) is 48.9 Å². The summed E-state index contributed by atoms with van der Waals surface area (Å²) in [5.41, 5.74) is 1.68. The lowest BCUT2D eigenvalue weighted by Gasteiger charge is -2.39. The molecule has 0 atom stereocenters. The third kappa shape index (κ3) is 5.32. The molecule has 1 heterocycles. The van der Waals surface area contributed by atoms with E-state index in [-0.39, 0.29) is 10.9 Å². The Bertz CT molecular complexity index is 1210. The maximum Gasteiger partial charge on any atom is 0.264 e. The average molecular weight is 501 g/mol. The van der Waals surface area contributed by atoms with Crippen molar-refractivity contribution in [2.24, 2.45) is 0 Å². The lowest BCUT2D eigenvalue weighted by molar-refractivity contribution is 0.206. The van der Waals surface area contributed by atoms with Crippen molar-refractivity contribution in [3.8, 4) is 11.5 Å². The molecule has 1 fully saturated rings. The highest BCUT2D eigenvalue weighted by molar-refractivity contribution is 7.92. The summed E-state index contributed by atoms with van der Waals surface area (Å²) >= 11 is 6.35. The molecule has 180 valence electrons. The van der Waals surface area contributed by atoms with Crippen LogP contribution >= 0.6 is 11.6 Å². The molecule has 1 aliphatic rings. The number of benzene rings is 3. The number of likely N-dealkylation sites (tertiary alicyclic amines) is 1. The normalized spacial score (nSPS) is 15.1. The second-order valence-electron chi connectivity index (χ2n) is 8.28. The van der Waals surface area contributed by atoms with Crippen molar-refractivity contribution >= 4 is 27.3 Å². The molecule has 6 nitrogen and oxygen atoms in total.